The Bertz CT molecular complexity index is 762. The minimum Gasteiger partial charge on any atom is -0.478 e. The van der Waals surface area contributed by atoms with E-state index in [0.717, 1.165) is 23.7 Å². The van der Waals surface area contributed by atoms with E-state index in [-0.39, 0.29) is 20.6 Å². The average Bonchev–Trinajstić information content (AvgIpc) is 2.79. The summed E-state index contributed by atoms with van der Waals surface area (Å²) in [7, 11) is -4.06. The highest BCUT2D eigenvalue weighted by Crippen LogP contribution is 2.30. The maximum atomic E-state index is 12.1. The van der Waals surface area contributed by atoms with Crippen LogP contribution in [0.1, 0.15) is 10.4 Å². The summed E-state index contributed by atoms with van der Waals surface area (Å²) < 4.78 is 29.9. The van der Waals surface area contributed by atoms with Gasteiger partial charge in [0.25, 0.3) is 10.0 Å². The zero-order chi connectivity index (χ0) is 14.9. The number of carboxylic acid groups (broad SMARTS) is 1. The molecule has 7 nitrogen and oxygen atoms in total. The minimum atomic E-state index is -4.06. The molecule has 1 aromatic carbocycles. The lowest BCUT2D eigenvalue weighted by Gasteiger charge is -2.09. The van der Waals surface area contributed by atoms with Gasteiger partial charge in [-0.25, -0.2) is 13.2 Å². The van der Waals surface area contributed by atoms with Gasteiger partial charge in [-0.3, -0.25) is 4.72 Å². The van der Waals surface area contributed by atoms with Crippen molar-refractivity contribution in [1.82, 2.24) is 9.59 Å². The Morgan fingerprint density at radius 2 is 2.00 bits per heavy atom. The second-order valence-electron chi connectivity index (χ2n) is 3.45. The van der Waals surface area contributed by atoms with Crippen LogP contribution in [-0.4, -0.2) is 29.1 Å². The third-order valence-electron chi connectivity index (χ3n) is 2.14. The number of anilines is 1. The standard InChI is InChI=1S/C9H5Cl2N3O4S2/c10-5-2-6(11)7(1-4(5)9(15)16)20(17,18)13-8-3-12-14-19-8/h1-3,13H,(H,15,16). The van der Waals surface area contributed by atoms with E-state index in [1.807, 2.05) is 0 Å². The van der Waals surface area contributed by atoms with Crippen molar-refractivity contribution in [3.63, 3.8) is 0 Å². The summed E-state index contributed by atoms with van der Waals surface area (Å²) in [5.74, 6) is -1.36. The van der Waals surface area contributed by atoms with Crippen LogP contribution in [-0.2, 0) is 10.0 Å². The summed E-state index contributed by atoms with van der Waals surface area (Å²) in [5, 5.41) is 12.3. The van der Waals surface area contributed by atoms with Crippen LogP contribution in [0.2, 0.25) is 10.0 Å². The first-order valence-corrected chi connectivity index (χ1v) is 7.85. The molecular weight excluding hydrogens is 349 g/mol. The van der Waals surface area contributed by atoms with Gasteiger partial charge in [0.1, 0.15) is 9.90 Å². The van der Waals surface area contributed by atoms with Crippen molar-refractivity contribution in [2.45, 2.75) is 4.90 Å². The largest absolute Gasteiger partial charge is 0.478 e. The van der Waals surface area contributed by atoms with E-state index in [4.69, 9.17) is 28.3 Å². The first-order chi connectivity index (χ1) is 9.31. The molecule has 0 aliphatic heterocycles. The fourth-order valence-corrected chi connectivity index (χ4v) is 3.84. The zero-order valence-corrected chi connectivity index (χ0v) is 12.5. The van der Waals surface area contributed by atoms with Gasteiger partial charge in [-0.05, 0) is 12.1 Å². The van der Waals surface area contributed by atoms with Crippen LogP contribution < -0.4 is 4.72 Å². The summed E-state index contributed by atoms with van der Waals surface area (Å²) in [6, 6.07) is 1.95. The van der Waals surface area contributed by atoms with Crippen LogP contribution in [0.3, 0.4) is 0 Å². The SMILES string of the molecule is O=C(O)c1cc(S(=O)(=O)Nc2cnns2)c(Cl)cc1Cl. The molecule has 0 bridgehead atoms. The van der Waals surface area contributed by atoms with Gasteiger partial charge in [-0.15, -0.1) is 5.10 Å². The molecule has 0 saturated heterocycles. The summed E-state index contributed by atoms with van der Waals surface area (Å²) in [6.45, 7) is 0. The number of nitrogens with one attached hydrogen (secondary N) is 1. The summed E-state index contributed by atoms with van der Waals surface area (Å²) >= 11 is 12.3. The smallest absolute Gasteiger partial charge is 0.337 e. The van der Waals surface area contributed by atoms with E-state index >= 15 is 0 Å². The lowest BCUT2D eigenvalue weighted by atomic mass is 10.2. The molecule has 1 heterocycles. The van der Waals surface area contributed by atoms with E-state index in [9.17, 15) is 13.2 Å². The van der Waals surface area contributed by atoms with Gasteiger partial charge in [0.2, 0.25) is 0 Å². The molecule has 0 aliphatic rings. The van der Waals surface area contributed by atoms with Crippen molar-refractivity contribution in [2.75, 3.05) is 4.72 Å². The van der Waals surface area contributed by atoms with Gasteiger partial charge >= 0.3 is 5.97 Å². The number of aromatic carboxylic acids is 1. The minimum absolute atomic E-state index is 0.152. The van der Waals surface area contributed by atoms with Gasteiger partial charge in [0.05, 0.1) is 21.8 Å². The molecule has 0 radical (unpaired) electrons. The summed E-state index contributed by atoms with van der Waals surface area (Å²) in [6.07, 6.45) is 1.21. The predicted molar refractivity (Wildman–Crippen MR) is 74.1 cm³/mol. The molecular formula is C9H5Cl2N3O4S2. The molecule has 1 aromatic heterocycles. The molecule has 11 heteroatoms. The third kappa shape index (κ3) is 3.01. The van der Waals surface area contributed by atoms with Crippen molar-refractivity contribution in [3.05, 3.63) is 33.9 Å². The van der Waals surface area contributed by atoms with Crippen LogP contribution in [0.15, 0.2) is 23.2 Å². The summed E-state index contributed by atoms with van der Waals surface area (Å²) in [5.41, 5.74) is -0.362. The molecule has 20 heavy (non-hydrogen) atoms. The molecule has 0 unspecified atom stereocenters. The number of carbonyl (C=O) groups is 1. The Kier molecular flexibility index (Phi) is 4.14. The molecule has 0 atom stereocenters. The van der Waals surface area contributed by atoms with Crippen molar-refractivity contribution in [2.24, 2.45) is 0 Å². The lowest BCUT2D eigenvalue weighted by Crippen LogP contribution is -2.14. The van der Waals surface area contributed by atoms with E-state index in [0.29, 0.717) is 0 Å². The predicted octanol–water partition coefficient (Wildman–Crippen LogP) is 2.34. The average molecular weight is 354 g/mol. The van der Waals surface area contributed by atoms with Crippen molar-refractivity contribution >= 4 is 55.7 Å². The lowest BCUT2D eigenvalue weighted by molar-refractivity contribution is 0.0697. The van der Waals surface area contributed by atoms with Crippen LogP contribution >= 0.6 is 34.7 Å². The second kappa shape index (κ2) is 5.52. The molecule has 0 amide bonds. The molecule has 2 N–H and O–H groups in total. The number of carboxylic acids is 1. The van der Waals surface area contributed by atoms with Gasteiger partial charge < -0.3 is 5.11 Å². The zero-order valence-electron chi connectivity index (χ0n) is 9.37. The third-order valence-corrected chi connectivity index (χ3v) is 4.99. The Balaban J connectivity index is 2.51. The van der Waals surface area contributed by atoms with E-state index in [1.54, 1.807) is 0 Å². The van der Waals surface area contributed by atoms with Gasteiger partial charge in [-0.2, -0.15) is 0 Å². The Hall–Kier alpha value is -1.42. The first kappa shape index (κ1) is 15.0. The van der Waals surface area contributed by atoms with Crippen molar-refractivity contribution in [3.8, 4) is 0 Å². The monoisotopic (exact) mass is 353 g/mol. The molecule has 0 saturated carbocycles. The van der Waals surface area contributed by atoms with Gasteiger partial charge in [0, 0.05) is 11.5 Å². The van der Waals surface area contributed by atoms with Crippen LogP contribution in [0.5, 0.6) is 0 Å². The van der Waals surface area contributed by atoms with Crippen molar-refractivity contribution < 1.29 is 18.3 Å². The highest BCUT2D eigenvalue weighted by molar-refractivity contribution is 7.93. The van der Waals surface area contributed by atoms with Crippen molar-refractivity contribution in [1.29, 1.82) is 0 Å². The Morgan fingerprint density at radius 3 is 2.55 bits per heavy atom. The summed E-state index contributed by atoms with van der Waals surface area (Å²) in [4.78, 5) is 10.6. The molecule has 2 rings (SSSR count). The van der Waals surface area contributed by atoms with Crippen LogP contribution in [0, 0.1) is 0 Å². The maximum absolute atomic E-state index is 12.1. The number of nitrogens with zero attached hydrogens (tertiary/aromatic N) is 2. The number of hydrogen-bond donors (Lipinski definition) is 2. The number of hydrogen-bond acceptors (Lipinski definition) is 6. The quantitative estimate of drug-likeness (QED) is 0.872. The number of rotatable bonds is 4. The normalized spacial score (nSPS) is 11.3. The number of sulfonamides is 1. The highest BCUT2D eigenvalue weighted by atomic mass is 35.5. The van der Waals surface area contributed by atoms with Gasteiger partial charge in [0.15, 0.2) is 0 Å². The topological polar surface area (TPSA) is 109 Å². The van der Waals surface area contributed by atoms with E-state index < -0.39 is 20.9 Å². The molecule has 2 aromatic rings. The molecule has 106 valence electrons. The molecule has 0 aliphatic carbocycles. The fraction of sp³-hybridized carbons (Fsp3) is 0. The Morgan fingerprint density at radius 1 is 1.30 bits per heavy atom. The fourth-order valence-electron chi connectivity index (χ4n) is 1.30. The van der Waals surface area contributed by atoms with Crippen LogP contribution in [0.25, 0.3) is 0 Å². The molecule has 0 spiro atoms. The van der Waals surface area contributed by atoms with Gasteiger partial charge in [-0.1, -0.05) is 27.7 Å². The molecule has 0 fully saturated rings. The number of aromatic nitrogens is 2. The number of benzene rings is 1. The highest BCUT2D eigenvalue weighted by Gasteiger charge is 2.23. The number of halogens is 2. The first-order valence-electron chi connectivity index (χ1n) is 4.84. The van der Waals surface area contributed by atoms with Crippen LogP contribution in [0.4, 0.5) is 5.00 Å². The Labute approximate surface area is 127 Å². The maximum Gasteiger partial charge on any atom is 0.337 e. The van der Waals surface area contributed by atoms with E-state index in [1.165, 1.54) is 6.20 Å². The van der Waals surface area contributed by atoms with E-state index in [2.05, 4.69) is 14.3 Å². The second-order valence-corrected chi connectivity index (χ2v) is 6.71.